The van der Waals surface area contributed by atoms with Crippen molar-refractivity contribution in [3.63, 3.8) is 0 Å². The van der Waals surface area contributed by atoms with Gasteiger partial charge in [-0.25, -0.2) is 0 Å². The Kier molecular flexibility index (Phi) is 4.90. The Morgan fingerprint density at radius 2 is 2.16 bits per heavy atom. The van der Waals surface area contributed by atoms with Gasteiger partial charge in [-0.15, -0.1) is 0 Å². The summed E-state index contributed by atoms with van der Waals surface area (Å²) in [7, 11) is 0. The van der Waals surface area contributed by atoms with E-state index in [0.717, 1.165) is 25.7 Å². The molecule has 0 aromatic heterocycles. The van der Waals surface area contributed by atoms with Crippen LogP contribution in [0.4, 0.5) is 5.69 Å². The van der Waals surface area contributed by atoms with Crippen LogP contribution in [0.5, 0.6) is 0 Å². The third-order valence-electron chi connectivity index (χ3n) is 3.45. The van der Waals surface area contributed by atoms with Crippen LogP contribution < -0.4 is 5.73 Å². The van der Waals surface area contributed by atoms with Crippen LogP contribution in [0.3, 0.4) is 0 Å². The van der Waals surface area contributed by atoms with Crippen LogP contribution in [0.2, 0.25) is 0 Å². The topological polar surface area (TPSA) is 78.4 Å². The second kappa shape index (κ2) is 6.45. The highest BCUT2D eigenvalue weighted by Crippen LogP contribution is 2.26. The molecule has 0 amide bonds. The van der Waals surface area contributed by atoms with Crippen molar-refractivity contribution >= 4 is 21.6 Å². The van der Waals surface area contributed by atoms with Crippen molar-refractivity contribution in [2.24, 2.45) is 5.73 Å². The maximum absolute atomic E-state index is 11.0. The molecule has 1 aromatic rings. The summed E-state index contributed by atoms with van der Waals surface area (Å²) in [6.07, 6.45) is 4.16. The second-order valence-corrected chi connectivity index (χ2v) is 5.74. The van der Waals surface area contributed by atoms with Crippen LogP contribution in [0.1, 0.15) is 31.2 Å². The lowest BCUT2D eigenvalue weighted by atomic mass is 9.93. The zero-order valence-corrected chi connectivity index (χ0v) is 12.1. The van der Waals surface area contributed by atoms with Crippen molar-refractivity contribution in [3.8, 4) is 0 Å². The van der Waals surface area contributed by atoms with Gasteiger partial charge in [0.25, 0.3) is 5.69 Å². The summed E-state index contributed by atoms with van der Waals surface area (Å²) in [4.78, 5) is 10.6. The zero-order valence-electron chi connectivity index (χ0n) is 10.5. The minimum Gasteiger partial charge on any atom is -0.372 e. The van der Waals surface area contributed by atoms with Crippen molar-refractivity contribution in [2.45, 2.75) is 44.4 Å². The molecule has 1 saturated carbocycles. The standard InChI is InChI=1S/C13H17BrN2O3/c14-10-6-5-9(12(7-10)16(17)18)8-19-13-4-2-1-3-11(13)15/h5-7,11,13H,1-4,8,15H2. The molecule has 0 heterocycles. The highest BCUT2D eigenvalue weighted by Gasteiger charge is 2.23. The van der Waals surface area contributed by atoms with Crippen molar-refractivity contribution in [2.75, 3.05) is 0 Å². The molecule has 0 aliphatic heterocycles. The number of ether oxygens (including phenoxy) is 1. The van der Waals surface area contributed by atoms with E-state index in [1.165, 1.54) is 6.07 Å². The van der Waals surface area contributed by atoms with Crippen molar-refractivity contribution in [1.82, 2.24) is 0 Å². The number of hydrogen-bond donors (Lipinski definition) is 1. The largest absolute Gasteiger partial charge is 0.372 e. The monoisotopic (exact) mass is 328 g/mol. The fourth-order valence-corrected chi connectivity index (χ4v) is 2.71. The minimum absolute atomic E-state index is 0.0111. The van der Waals surface area contributed by atoms with E-state index >= 15 is 0 Å². The third-order valence-corrected chi connectivity index (χ3v) is 3.94. The van der Waals surface area contributed by atoms with E-state index in [-0.39, 0.29) is 29.4 Å². The van der Waals surface area contributed by atoms with Crippen LogP contribution in [0.15, 0.2) is 22.7 Å². The first kappa shape index (κ1) is 14.4. The van der Waals surface area contributed by atoms with Crippen molar-refractivity contribution in [3.05, 3.63) is 38.3 Å². The Balaban J connectivity index is 2.04. The SMILES string of the molecule is NC1CCCCC1OCc1ccc(Br)cc1[N+](=O)[O-]. The molecule has 1 fully saturated rings. The summed E-state index contributed by atoms with van der Waals surface area (Å²) in [6.45, 7) is 0.238. The molecule has 1 aliphatic carbocycles. The maximum Gasteiger partial charge on any atom is 0.276 e. The van der Waals surface area contributed by atoms with E-state index in [0.29, 0.717) is 10.0 Å². The number of nitro benzene ring substituents is 1. The Bertz CT molecular complexity index is 467. The average Bonchev–Trinajstić information content (AvgIpc) is 2.38. The van der Waals surface area contributed by atoms with Gasteiger partial charge < -0.3 is 10.5 Å². The number of halogens is 1. The van der Waals surface area contributed by atoms with Crippen molar-refractivity contribution < 1.29 is 9.66 Å². The smallest absolute Gasteiger partial charge is 0.276 e. The molecular formula is C13H17BrN2O3. The summed E-state index contributed by atoms with van der Waals surface area (Å²) >= 11 is 3.24. The van der Waals surface area contributed by atoms with Crippen LogP contribution in [-0.4, -0.2) is 17.1 Å². The first-order chi connectivity index (χ1) is 9.08. The van der Waals surface area contributed by atoms with Gasteiger partial charge in [0.15, 0.2) is 0 Å². The molecule has 2 rings (SSSR count). The number of nitrogens with zero attached hydrogens (tertiary/aromatic N) is 1. The van der Waals surface area contributed by atoms with E-state index in [9.17, 15) is 10.1 Å². The molecule has 1 aliphatic rings. The average molecular weight is 329 g/mol. The molecule has 6 heteroatoms. The summed E-state index contributed by atoms with van der Waals surface area (Å²) in [5.41, 5.74) is 6.67. The van der Waals surface area contributed by atoms with E-state index in [2.05, 4.69) is 15.9 Å². The molecule has 0 spiro atoms. The molecule has 5 nitrogen and oxygen atoms in total. The second-order valence-electron chi connectivity index (χ2n) is 4.83. The number of rotatable bonds is 4. The zero-order chi connectivity index (χ0) is 13.8. The first-order valence-corrected chi connectivity index (χ1v) is 7.17. The Morgan fingerprint density at radius 1 is 1.42 bits per heavy atom. The molecule has 1 aromatic carbocycles. The molecule has 0 radical (unpaired) electrons. The molecule has 0 bridgehead atoms. The van der Waals surface area contributed by atoms with Gasteiger partial charge in [0.1, 0.15) is 0 Å². The van der Waals surface area contributed by atoms with E-state index in [4.69, 9.17) is 10.5 Å². The summed E-state index contributed by atoms with van der Waals surface area (Å²) in [5, 5.41) is 11.0. The Hall–Kier alpha value is -0.980. The number of benzene rings is 1. The number of nitro groups is 1. The minimum atomic E-state index is -0.385. The van der Waals surface area contributed by atoms with Gasteiger partial charge in [0.2, 0.25) is 0 Å². The molecule has 104 valence electrons. The highest BCUT2D eigenvalue weighted by atomic mass is 79.9. The molecule has 2 unspecified atom stereocenters. The predicted molar refractivity (Wildman–Crippen MR) is 75.8 cm³/mol. The Labute approximate surface area is 120 Å². The van der Waals surface area contributed by atoms with Gasteiger partial charge in [-0.2, -0.15) is 0 Å². The summed E-state index contributed by atoms with van der Waals surface area (Å²) < 4.78 is 6.46. The fourth-order valence-electron chi connectivity index (χ4n) is 2.36. The van der Waals surface area contributed by atoms with Crippen LogP contribution in [0.25, 0.3) is 0 Å². The van der Waals surface area contributed by atoms with Crippen LogP contribution in [-0.2, 0) is 11.3 Å². The lowest BCUT2D eigenvalue weighted by Crippen LogP contribution is -2.39. The summed E-state index contributed by atoms with van der Waals surface area (Å²) in [6, 6.07) is 5.05. The number of nitrogens with two attached hydrogens (primary N) is 1. The van der Waals surface area contributed by atoms with Gasteiger partial charge >= 0.3 is 0 Å². The van der Waals surface area contributed by atoms with Crippen LogP contribution in [0, 0.1) is 10.1 Å². The lowest BCUT2D eigenvalue weighted by Gasteiger charge is -2.28. The Morgan fingerprint density at radius 3 is 2.84 bits per heavy atom. The quantitative estimate of drug-likeness (QED) is 0.680. The van der Waals surface area contributed by atoms with Crippen LogP contribution >= 0.6 is 15.9 Å². The normalized spacial score (nSPS) is 23.3. The molecule has 2 N–H and O–H groups in total. The van der Waals surface area contributed by atoms with Gasteiger partial charge in [0.05, 0.1) is 23.2 Å². The predicted octanol–water partition coefficient (Wildman–Crippen LogP) is 3.14. The first-order valence-electron chi connectivity index (χ1n) is 6.38. The van der Waals surface area contributed by atoms with Gasteiger partial charge in [-0.1, -0.05) is 28.8 Å². The van der Waals surface area contributed by atoms with E-state index < -0.39 is 0 Å². The van der Waals surface area contributed by atoms with E-state index in [1.807, 2.05) is 0 Å². The lowest BCUT2D eigenvalue weighted by molar-refractivity contribution is -0.386. The number of hydrogen-bond acceptors (Lipinski definition) is 4. The molecular weight excluding hydrogens is 312 g/mol. The summed E-state index contributed by atoms with van der Waals surface area (Å²) in [5.74, 6) is 0. The van der Waals surface area contributed by atoms with Gasteiger partial charge in [-0.05, 0) is 25.0 Å². The fraction of sp³-hybridized carbons (Fsp3) is 0.538. The highest BCUT2D eigenvalue weighted by molar-refractivity contribution is 9.10. The van der Waals surface area contributed by atoms with Gasteiger partial charge in [0, 0.05) is 16.6 Å². The van der Waals surface area contributed by atoms with Gasteiger partial charge in [-0.3, -0.25) is 10.1 Å². The van der Waals surface area contributed by atoms with Crippen molar-refractivity contribution in [1.29, 1.82) is 0 Å². The van der Waals surface area contributed by atoms with E-state index in [1.54, 1.807) is 12.1 Å². The maximum atomic E-state index is 11.0. The molecule has 2 atom stereocenters. The molecule has 0 saturated heterocycles. The molecule has 19 heavy (non-hydrogen) atoms. The third kappa shape index (κ3) is 3.75.